The quantitative estimate of drug-likeness (QED) is 0.892. The van der Waals surface area contributed by atoms with Crippen molar-refractivity contribution in [3.05, 3.63) is 53.3 Å². The Morgan fingerprint density at radius 2 is 1.95 bits per heavy atom. The van der Waals surface area contributed by atoms with Crippen molar-refractivity contribution in [3.63, 3.8) is 0 Å². The Kier molecular flexibility index (Phi) is 4.38. The van der Waals surface area contributed by atoms with Gasteiger partial charge in [-0.25, -0.2) is 0 Å². The predicted octanol–water partition coefficient (Wildman–Crippen LogP) is 2.66. The van der Waals surface area contributed by atoms with E-state index in [0.717, 1.165) is 12.1 Å². The summed E-state index contributed by atoms with van der Waals surface area (Å²) in [5.74, 6) is 0.474. The second kappa shape index (κ2) is 6.02. The third-order valence-corrected chi connectivity index (χ3v) is 3.83. The van der Waals surface area contributed by atoms with Crippen LogP contribution < -0.4 is 5.32 Å². The summed E-state index contributed by atoms with van der Waals surface area (Å²) in [5, 5.41) is 7.86. The summed E-state index contributed by atoms with van der Waals surface area (Å²) in [6.07, 6.45) is 0.990. The Morgan fingerprint density at radius 1 is 1.26 bits per heavy atom. The molecule has 2 rings (SSSR count). The molecule has 19 heavy (non-hydrogen) atoms. The number of benzene rings is 1. The number of aromatic nitrogens is 2. The van der Waals surface area contributed by atoms with E-state index in [-0.39, 0.29) is 0 Å². The fourth-order valence-corrected chi connectivity index (χ4v) is 2.60. The number of hydrogen-bond acceptors (Lipinski definition) is 2. The SMILES string of the molecule is CNC(Cc1cc(C)nn1C)C(C)c1ccccc1. The van der Waals surface area contributed by atoms with Crippen molar-refractivity contribution in [2.24, 2.45) is 7.05 Å². The molecule has 0 bridgehead atoms. The highest BCUT2D eigenvalue weighted by atomic mass is 15.3. The first kappa shape index (κ1) is 13.8. The highest BCUT2D eigenvalue weighted by Crippen LogP contribution is 2.21. The predicted molar refractivity (Wildman–Crippen MR) is 79.4 cm³/mol. The minimum absolute atomic E-state index is 0.414. The molecule has 2 unspecified atom stereocenters. The highest BCUT2D eigenvalue weighted by molar-refractivity contribution is 5.22. The van der Waals surface area contributed by atoms with Gasteiger partial charge in [0.25, 0.3) is 0 Å². The van der Waals surface area contributed by atoms with Gasteiger partial charge in [-0.1, -0.05) is 37.3 Å². The molecule has 1 aromatic carbocycles. The lowest BCUT2D eigenvalue weighted by Crippen LogP contribution is -2.33. The standard InChI is InChI=1S/C16H23N3/c1-12-10-15(19(4)18-12)11-16(17-3)13(2)14-8-6-5-7-9-14/h5-10,13,16-17H,11H2,1-4H3. The van der Waals surface area contributed by atoms with Crippen LogP contribution >= 0.6 is 0 Å². The first-order valence-corrected chi connectivity index (χ1v) is 6.83. The van der Waals surface area contributed by atoms with Gasteiger partial charge in [0.1, 0.15) is 0 Å². The van der Waals surface area contributed by atoms with Gasteiger partial charge in [0.2, 0.25) is 0 Å². The van der Waals surface area contributed by atoms with Gasteiger partial charge in [0, 0.05) is 25.2 Å². The fourth-order valence-electron chi connectivity index (χ4n) is 2.60. The first-order valence-electron chi connectivity index (χ1n) is 6.83. The van der Waals surface area contributed by atoms with E-state index in [4.69, 9.17) is 0 Å². The van der Waals surface area contributed by atoms with Crippen LogP contribution in [0.4, 0.5) is 0 Å². The average Bonchev–Trinajstić information content (AvgIpc) is 2.74. The third kappa shape index (κ3) is 3.24. The fraction of sp³-hybridized carbons (Fsp3) is 0.438. The smallest absolute Gasteiger partial charge is 0.0596 e. The molecule has 2 atom stereocenters. The molecule has 2 aromatic rings. The van der Waals surface area contributed by atoms with Crippen molar-refractivity contribution in [1.82, 2.24) is 15.1 Å². The number of aryl methyl sites for hydroxylation is 2. The van der Waals surface area contributed by atoms with Crippen LogP contribution in [0.5, 0.6) is 0 Å². The van der Waals surface area contributed by atoms with E-state index >= 15 is 0 Å². The van der Waals surface area contributed by atoms with E-state index in [1.165, 1.54) is 11.3 Å². The monoisotopic (exact) mass is 257 g/mol. The van der Waals surface area contributed by atoms with Crippen LogP contribution in [0, 0.1) is 6.92 Å². The van der Waals surface area contributed by atoms with Gasteiger partial charge in [-0.2, -0.15) is 5.10 Å². The molecular weight excluding hydrogens is 234 g/mol. The molecule has 1 aromatic heterocycles. The topological polar surface area (TPSA) is 29.9 Å². The lowest BCUT2D eigenvalue weighted by atomic mass is 9.90. The molecule has 1 N–H and O–H groups in total. The molecule has 0 aliphatic carbocycles. The summed E-state index contributed by atoms with van der Waals surface area (Å²) < 4.78 is 1.98. The Hall–Kier alpha value is -1.61. The molecule has 0 aliphatic heterocycles. The Balaban J connectivity index is 2.14. The van der Waals surface area contributed by atoms with Gasteiger partial charge in [-0.05, 0) is 31.5 Å². The van der Waals surface area contributed by atoms with Gasteiger partial charge < -0.3 is 5.32 Å². The van der Waals surface area contributed by atoms with Gasteiger partial charge in [-0.15, -0.1) is 0 Å². The van der Waals surface area contributed by atoms with Crippen LogP contribution in [0.15, 0.2) is 36.4 Å². The molecule has 0 amide bonds. The summed E-state index contributed by atoms with van der Waals surface area (Å²) in [4.78, 5) is 0. The third-order valence-electron chi connectivity index (χ3n) is 3.83. The van der Waals surface area contributed by atoms with E-state index in [2.05, 4.69) is 53.7 Å². The van der Waals surface area contributed by atoms with Gasteiger partial charge >= 0.3 is 0 Å². The molecular formula is C16H23N3. The molecule has 0 spiro atoms. The lowest BCUT2D eigenvalue weighted by Gasteiger charge is -2.24. The van der Waals surface area contributed by atoms with Crippen LogP contribution in [0.3, 0.4) is 0 Å². The summed E-state index contributed by atoms with van der Waals surface area (Å²) in [6.45, 7) is 4.32. The van der Waals surface area contributed by atoms with E-state index < -0.39 is 0 Å². The van der Waals surface area contributed by atoms with Crippen LogP contribution in [-0.2, 0) is 13.5 Å². The second-order valence-electron chi connectivity index (χ2n) is 5.20. The molecule has 102 valence electrons. The normalized spacial score (nSPS) is 14.3. The minimum atomic E-state index is 0.414. The summed E-state index contributed by atoms with van der Waals surface area (Å²) in [6, 6.07) is 13.3. The number of hydrogen-bond donors (Lipinski definition) is 1. The maximum Gasteiger partial charge on any atom is 0.0596 e. The molecule has 1 heterocycles. The summed E-state index contributed by atoms with van der Waals surface area (Å²) in [5.41, 5.74) is 3.74. The first-order chi connectivity index (χ1) is 9.11. The van der Waals surface area contributed by atoms with Crippen LogP contribution in [0.1, 0.15) is 29.8 Å². The molecule has 0 aliphatic rings. The maximum absolute atomic E-state index is 4.42. The lowest BCUT2D eigenvalue weighted by molar-refractivity contribution is 0.469. The molecule has 0 saturated carbocycles. The largest absolute Gasteiger partial charge is 0.316 e. The number of rotatable bonds is 5. The van der Waals surface area contributed by atoms with Gasteiger partial charge in [0.05, 0.1) is 5.69 Å². The van der Waals surface area contributed by atoms with Gasteiger partial charge in [0.15, 0.2) is 0 Å². The van der Waals surface area contributed by atoms with Crippen molar-refractivity contribution >= 4 is 0 Å². The average molecular weight is 257 g/mol. The zero-order valence-electron chi connectivity index (χ0n) is 12.2. The van der Waals surface area contributed by atoms with Crippen LogP contribution in [-0.4, -0.2) is 22.9 Å². The van der Waals surface area contributed by atoms with E-state index in [1.54, 1.807) is 0 Å². The summed E-state index contributed by atoms with van der Waals surface area (Å²) >= 11 is 0. The second-order valence-corrected chi connectivity index (χ2v) is 5.20. The van der Waals surface area contributed by atoms with Crippen LogP contribution in [0.25, 0.3) is 0 Å². The minimum Gasteiger partial charge on any atom is -0.316 e. The van der Waals surface area contributed by atoms with Crippen molar-refractivity contribution in [2.45, 2.75) is 32.2 Å². The van der Waals surface area contributed by atoms with Crippen molar-refractivity contribution in [1.29, 1.82) is 0 Å². The zero-order chi connectivity index (χ0) is 13.8. The molecule has 0 fully saturated rings. The van der Waals surface area contributed by atoms with Crippen molar-refractivity contribution < 1.29 is 0 Å². The molecule has 3 heteroatoms. The number of nitrogens with one attached hydrogen (secondary N) is 1. The Morgan fingerprint density at radius 3 is 2.47 bits per heavy atom. The van der Waals surface area contributed by atoms with E-state index in [1.807, 2.05) is 25.7 Å². The summed E-state index contributed by atoms with van der Waals surface area (Å²) in [7, 11) is 4.05. The van der Waals surface area contributed by atoms with Gasteiger partial charge in [-0.3, -0.25) is 4.68 Å². The van der Waals surface area contributed by atoms with Crippen molar-refractivity contribution in [3.8, 4) is 0 Å². The zero-order valence-corrected chi connectivity index (χ0v) is 12.2. The molecule has 0 saturated heterocycles. The van der Waals surface area contributed by atoms with Crippen LogP contribution in [0.2, 0.25) is 0 Å². The Labute approximate surface area is 115 Å². The highest BCUT2D eigenvalue weighted by Gasteiger charge is 2.19. The molecule has 3 nitrogen and oxygen atoms in total. The molecule has 0 radical (unpaired) electrons. The maximum atomic E-state index is 4.42. The number of nitrogens with zero attached hydrogens (tertiary/aromatic N) is 2. The van der Waals surface area contributed by atoms with Crippen molar-refractivity contribution in [2.75, 3.05) is 7.05 Å². The Bertz CT molecular complexity index is 516. The van der Waals surface area contributed by atoms with E-state index in [0.29, 0.717) is 12.0 Å². The van der Waals surface area contributed by atoms with E-state index in [9.17, 15) is 0 Å². The number of likely N-dealkylation sites (N-methyl/N-ethyl adjacent to an activating group) is 1.